The Kier molecular flexibility index (Phi) is 4.50. The van der Waals surface area contributed by atoms with Crippen LogP contribution in [0.2, 0.25) is 0 Å². The van der Waals surface area contributed by atoms with Gasteiger partial charge in [0.05, 0.1) is 33.0 Å². The van der Waals surface area contributed by atoms with Gasteiger partial charge in [0.15, 0.2) is 0 Å². The number of aliphatic hydroxyl groups is 1. The highest BCUT2D eigenvalue weighted by Crippen LogP contribution is 2.60. The Bertz CT molecular complexity index is 648. The maximum Gasteiger partial charge on any atom is 0.125 e. The molecule has 136 valence electrons. The van der Waals surface area contributed by atoms with Crippen LogP contribution >= 0.6 is 0 Å². The molecule has 4 heteroatoms. The maximum absolute atomic E-state index is 9.18. The number of allylic oxidation sites excluding steroid dienone is 1. The van der Waals surface area contributed by atoms with Crippen LogP contribution in [0.25, 0.3) is 5.76 Å². The first kappa shape index (κ1) is 16.9. The van der Waals surface area contributed by atoms with Crippen molar-refractivity contribution in [1.29, 1.82) is 0 Å². The van der Waals surface area contributed by atoms with Crippen LogP contribution in [0.5, 0.6) is 5.75 Å². The zero-order valence-electron chi connectivity index (χ0n) is 15.2. The van der Waals surface area contributed by atoms with Crippen molar-refractivity contribution in [3.63, 3.8) is 0 Å². The summed E-state index contributed by atoms with van der Waals surface area (Å²) in [5, 5.41) is 9.18. The van der Waals surface area contributed by atoms with Crippen molar-refractivity contribution in [3.05, 3.63) is 35.4 Å². The van der Waals surface area contributed by atoms with Gasteiger partial charge in [-0.1, -0.05) is 12.1 Å². The molecule has 2 unspecified atom stereocenters. The Balaban J connectivity index is 1.69. The minimum Gasteiger partial charge on any atom is -0.497 e. The predicted molar refractivity (Wildman–Crippen MR) is 96.2 cm³/mol. The van der Waals surface area contributed by atoms with Crippen LogP contribution in [0.3, 0.4) is 0 Å². The van der Waals surface area contributed by atoms with Crippen molar-refractivity contribution in [2.75, 3.05) is 27.4 Å². The van der Waals surface area contributed by atoms with E-state index in [1.54, 1.807) is 14.2 Å². The van der Waals surface area contributed by atoms with Crippen molar-refractivity contribution in [2.24, 2.45) is 17.8 Å². The van der Waals surface area contributed by atoms with Gasteiger partial charge in [0.2, 0.25) is 0 Å². The maximum atomic E-state index is 9.18. The first-order valence-corrected chi connectivity index (χ1v) is 9.35. The molecular formula is C21H28O4. The Hall–Kier alpha value is -1.52. The van der Waals surface area contributed by atoms with Crippen molar-refractivity contribution in [1.82, 2.24) is 0 Å². The van der Waals surface area contributed by atoms with Gasteiger partial charge in [-0.15, -0.1) is 0 Å². The van der Waals surface area contributed by atoms with Gasteiger partial charge >= 0.3 is 0 Å². The van der Waals surface area contributed by atoms with Gasteiger partial charge in [-0.05, 0) is 67.6 Å². The molecule has 1 N–H and O–H groups in total. The quantitative estimate of drug-likeness (QED) is 0.801. The Morgan fingerprint density at radius 3 is 2.56 bits per heavy atom. The lowest BCUT2D eigenvalue weighted by molar-refractivity contribution is -0.149. The standard InChI is InChI=1S/C21H28O4/c1-23-18-5-3-4-15(10-18)20(24-2)19-16-8-14-9-17(19)13-21(11-14,12-16)25-7-6-22/h3-5,10,14,16-17,22H,6-9,11-13H2,1-2H3. The summed E-state index contributed by atoms with van der Waals surface area (Å²) in [6.07, 6.45) is 5.77. The molecule has 2 atom stereocenters. The summed E-state index contributed by atoms with van der Waals surface area (Å²) >= 11 is 0. The van der Waals surface area contributed by atoms with E-state index in [1.807, 2.05) is 12.1 Å². The highest BCUT2D eigenvalue weighted by Gasteiger charge is 2.54. The van der Waals surface area contributed by atoms with E-state index >= 15 is 0 Å². The smallest absolute Gasteiger partial charge is 0.125 e. The first-order valence-electron chi connectivity index (χ1n) is 9.35. The number of hydrogen-bond donors (Lipinski definition) is 1. The van der Waals surface area contributed by atoms with Gasteiger partial charge in [-0.3, -0.25) is 0 Å². The van der Waals surface area contributed by atoms with Gasteiger partial charge in [-0.25, -0.2) is 0 Å². The summed E-state index contributed by atoms with van der Waals surface area (Å²) in [5.74, 6) is 3.71. The molecule has 1 aromatic rings. The number of rotatable bonds is 6. The molecule has 0 radical (unpaired) electrons. The Morgan fingerprint density at radius 2 is 1.92 bits per heavy atom. The number of ether oxygens (including phenoxy) is 3. The van der Waals surface area contributed by atoms with Crippen LogP contribution < -0.4 is 4.74 Å². The zero-order valence-corrected chi connectivity index (χ0v) is 15.2. The van der Waals surface area contributed by atoms with E-state index in [9.17, 15) is 5.11 Å². The molecule has 4 nitrogen and oxygen atoms in total. The molecule has 25 heavy (non-hydrogen) atoms. The second-order valence-electron chi connectivity index (χ2n) is 7.82. The van der Waals surface area contributed by atoms with Crippen molar-refractivity contribution in [2.45, 2.75) is 37.7 Å². The molecule has 4 fully saturated rings. The second-order valence-corrected chi connectivity index (χ2v) is 7.82. The van der Waals surface area contributed by atoms with Gasteiger partial charge in [0.25, 0.3) is 0 Å². The molecule has 0 aliphatic heterocycles. The van der Waals surface area contributed by atoms with Gasteiger partial charge in [0, 0.05) is 5.56 Å². The molecule has 1 aromatic carbocycles. The number of benzene rings is 1. The molecule has 4 aliphatic rings. The zero-order chi connectivity index (χ0) is 17.4. The molecule has 0 spiro atoms. The number of hydrogen-bond acceptors (Lipinski definition) is 4. The largest absolute Gasteiger partial charge is 0.497 e. The Morgan fingerprint density at radius 1 is 1.16 bits per heavy atom. The number of methoxy groups -OCH3 is 2. The van der Waals surface area contributed by atoms with Crippen molar-refractivity contribution in [3.8, 4) is 5.75 Å². The van der Waals surface area contributed by atoms with E-state index in [4.69, 9.17) is 14.2 Å². The summed E-state index contributed by atoms with van der Waals surface area (Å²) in [6, 6.07) is 8.16. The first-order chi connectivity index (χ1) is 12.2. The van der Waals surface area contributed by atoms with E-state index in [0.717, 1.165) is 42.3 Å². The summed E-state index contributed by atoms with van der Waals surface area (Å²) < 4.78 is 17.5. The van der Waals surface area contributed by atoms with Crippen LogP contribution in [0.4, 0.5) is 0 Å². The van der Waals surface area contributed by atoms with E-state index in [2.05, 4.69) is 12.1 Å². The van der Waals surface area contributed by atoms with Gasteiger partial charge in [-0.2, -0.15) is 0 Å². The lowest BCUT2D eigenvalue weighted by Crippen LogP contribution is -2.53. The highest BCUT2D eigenvalue weighted by molar-refractivity contribution is 5.66. The summed E-state index contributed by atoms with van der Waals surface area (Å²) in [7, 11) is 3.48. The monoisotopic (exact) mass is 344 g/mol. The second kappa shape index (κ2) is 6.65. The van der Waals surface area contributed by atoms with Crippen molar-refractivity contribution < 1.29 is 19.3 Å². The molecule has 0 heterocycles. The molecule has 0 saturated heterocycles. The van der Waals surface area contributed by atoms with Crippen molar-refractivity contribution >= 4 is 5.76 Å². The van der Waals surface area contributed by atoms with Gasteiger partial charge < -0.3 is 19.3 Å². The molecule has 4 saturated carbocycles. The molecule has 4 aliphatic carbocycles. The fourth-order valence-corrected chi connectivity index (χ4v) is 5.69. The van der Waals surface area contributed by atoms with Crippen LogP contribution in [0.1, 0.15) is 37.7 Å². The normalized spacial score (nSPS) is 32.8. The van der Waals surface area contributed by atoms with Crippen LogP contribution in [-0.4, -0.2) is 38.1 Å². The van der Waals surface area contributed by atoms with Crippen LogP contribution in [0.15, 0.2) is 29.8 Å². The molecule has 0 amide bonds. The van der Waals surface area contributed by atoms with E-state index in [-0.39, 0.29) is 12.2 Å². The third-order valence-electron chi connectivity index (χ3n) is 6.31. The SMILES string of the molecule is COC(=C1C2CC3CC1CC(OCCO)(C3)C2)c1cccc(OC)c1. The third kappa shape index (κ3) is 2.96. The molecule has 0 aromatic heterocycles. The molecule has 5 rings (SSSR count). The van der Waals surface area contributed by atoms with Gasteiger partial charge in [0.1, 0.15) is 11.5 Å². The van der Waals surface area contributed by atoms with Crippen LogP contribution in [-0.2, 0) is 9.47 Å². The van der Waals surface area contributed by atoms with Crippen LogP contribution in [0, 0.1) is 17.8 Å². The lowest BCUT2D eigenvalue weighted by Gasteiger charge is -2.57. The predicted octanol–water partition coefficient (Wildman–Crippen LogP) is 3.64. The minimum absolute atomic E-state index is 0.0179. The summed E-state index contributed by atoms with van der Waals surface area (Å²) in [4.78, 5) is 0. The lowest BCUT2D eigenvalue weighted by atomic mass is 9.52. The molecule has 4 bridgehead atoms. The molecular weight excluding hydrogens is 316 g/mol. The van der Waals surface area contributed by atoms with E-state index in [0.29, 0.717) is 18.4 Å². The van der Waals surface area contributed by atoms with E-state index in [1.165, 1.54) is 18.4 Å². The fraction of sp³-hybridized carbons (Fsp3) is 0.619. The highest BCUT2D eigenvalue weighted by atomic mass is 16.5. The summed E-state index contributed by atoms with van der Waals surface area (Å²) in [5.41, 5.74) is 2.57. The third-order valence-corrected chi connectivity index (χ3v) is 6.31. The van der Waals surface area contributed by atoms with E-state index < -0.39 is 0 Å². The average molecular weight is 344 g/mol. The summed E-state index contributed by atoms with van der Waals surface area (Å²) in [6.45, 7) is 0.565. The topological polar surface area (TPSA) is 47.9 Å². The fourth-order valence-electron chi connectivity index (χ4n) is 5.69. The number of aliphatic hydroxyl groups excluding tert-OH is 1. The Labute approximate surface area is 149 Å². The minimum atomic E-state index is -0.0179. The average Bonchev–Trinajstić information content (AvgIpc) is 2.62.